The molecule has 1 aliphatic heterocycles. The van der Waals surface area contributed by atoms with E-state index in [0.29, 0.717) is 30.0 Å². The Morgan fingerprint density at radius 1 is 1.29 bits per heavy atom. The summed E-state index contributed by atoms with van der Waals surface area (Å²) < 4.78 is 27.1. The number of hydrogen-bond acceptors (Lipinski definition) is 6. The predicted molar refractivity (Wildman–Crippen MR) is 128 cm³/mol. The number of hydrogen-bond donors (Lipinski definition) is 3. The third-order valence-corrected chi connectivity index (χ3v) is 5.91. The lowest BCUT2D eigenvalue weighted by molar-refractivity contribution is -0.0759. The zero-order valence-corrected chi connectivity index (χ0v) is 20.2. The zero-order valence-electron chi connectivity index (χ0n) is 19.2. The molecule has 1 fully saturated rings. The standard InChI is InChI=1S/C26H26FN2O5Si/c1-26(32,35)25-28-11-12-29(25)20(15-30)8-4-17-2-5-18(6-3-17)19-7-9-23(21(27)14-19)34-24-10-13-33-16-22(24)31/h2-3,5-7,9,11-12,14,20,22,24,30-32H,10,13,15-16H2,1H3/t20-,22+,24+,26-/m0/s1. The van der Waals surface area contributed by atoms with E-state index in [2.05, 4.69) is 27.1 Å². The molecule has 1 saturated heterocycles. The van der Waals surface area contributed by atoms with Crippen LogP contribution in [0.25, 0.3) is 11.1 Å². The van der Waals surface area contributed by atoms with Crippen LogP contribution in [0.5, 0.6) is 5.75 Å². The van der Waals surface area contributed by atoms with Crippen LogP contribution < -0.4 is 4.74 Å². The fourth-order valence-electron chi connectivity index (χ4n) is 3.84. The van der Waals surface area contributed by atoms with Crippen LogP contribution in [0.2, 0.25) is 0 Å². The van der Waals surface area contributed by atoms with Crippen LogP contribution >= 0.6 is 0 Å². The van der Waals surface area contributed by atoms with Gasteiger partial charge >= 0.3 is 0 Å². The maximum atomic E-state index is 14.7. The average molecular weight is 494 g/mol. The van der Waals surface area contributed by atoms with Crippen LogP contribution in [0.3, 0.4) is 0 Å². The van der Waals surface area contributed by atoms with E-state index in [4.69, 9.17) is 9.47 Å². The summed E-state index contributed by atoms with van der Waals surface area (Å²) in [5.41, 5.74) is 2.20. The Kier molecular flexibility index (Phi) is 7.69. The summed E-state index contributed by atoms with van der Waals surface area (Å²) in [6.07, 6.45) is 2.40. The minimum Gasteiger partial charge on any atom is -0.484 e. The largest absolute Gasteiger partial charge is 0.484 e. The maximum absolute atomic E-state index is 14.7. The lowest BCUT2D eigenvalue weighted by atomic mass is 10.0. The first kappa shape index (κ1) is 25.1. The van der Waals surface area contributed by atoms with E-state index in [1.54, 1.807) is 29.8 Å². The summed E-state index contributed by atoms with van der Waals surface area (Å²) in [6, 6.07) is 11.4. The van der Waals surface area contributed by atoms with Crippen molar-refractivity contribution in [3.63, 3.8) is 0 Å². The molecule has 2 aromatic carbocycles. The van der Waals surface area contributed by atoms with E-state index in [9.17, 15) is 19.7 Å². The van der Waals surface area contributed by atoms with Gasteiger partial charge in [-0.1, -0.05) is 30.0 Å². The van der Waals surface area contributed by atoms with Gasteiger partial charge in [-0.15, -0.1) is 0 Å². The molecule has 1 aliphatic rings. The van der Waals surface area contributed by atoms with Crippen molar-refractivity contribution in [2.24, 2.45) is 0 Å². The molecule has 181 valence electrons. The Labute approximate surface area is 206 Å². The Hall–Kier alpha value is -3.00. The second-order valence-corrected chi connectivity index (χ2v) is 9.48. The van der Waals surface area contributed by atoms with Gasteiger partial charge in [-0.25, -0.2) is 9.37 Å². The molecule has 0 aliphatic carbocycles. The molecule has 0 amide bonds. The molecular formula is C26H26FN2O5Si. The van der Waals surface area contributed by atoms with Gasteiger partial charge in [0.15, 0.2) is 11.6 Å². The summed E-state index contributed by atoms with van der Waals surface area (Å²) in [4.78, 5) is 4.13. The van der Waals surface area contributed by atoms with E-state index in [-0.39, 0.29) is 19.0 Å². The SMILES string of the molecule is C[C@](O)([Si])c1nccn1[C@@H](C#Cc1ccc(-c2ccc(O[C@@H]3CCOC[C@H]3O)c(F)c2)cc1)CO. The van der Waals surface area contributed by atoms with Gasteiger partial charge < -0.3 is 29.4 Å². The molecule has 4 rings (SSSR count). The molecule has 0 unspecified atom stereocenters. The molecule has 0 spiro atoms. The first-order chi connectivity index (χ1) is 16.8. The molecule has 2 heterocycles. The average Bonchev–Trinajstić information content (AvgIpc) is 3.33. The predicted octanol–water partition coefficient (Wildman–Crippen LogP) is 2.14. The Morgan fingerprint density at radius 2 is 2.03 bits per heavy atom. The molecular weight excluding hydrogens is 467 g/mol. The second-order valence-electron chi connectivity index (χ2n) is 8.51. The van der Waals surface area contributed by atoms with Gasteiger partial charge in [0, 0.05) is 24.4 Å². The minimum atomic E-state index is -1.36. The third kappa shape index (κ3) is 5.98. The number of aliphatic hydroxyl groups excluding tert-OH is 2. The summed E-state index contributed by atoms with van der Waals surface area (Å²) in [7, 11) is 3.23. The number of benzene rings is 2. The van der Waals surface area contributed by atoms with E-state index in [1.807, 2.05) is 24.3 Å². The number of aliphatic hydroxyl groups is 3. The quantitative estimate of drug-likeness (QED) is 0.360. The fourth-order valence-corrected chi connectivity index (χ4v) is 4.03. The fraction of sp³-hybridized carbons (Fsp3) is 0.346. The van der Waals surface area contributed by atoms with Gasteiger partial charge in [-0.2, -0.15) is 0 Å². The topological polar surface area (TPSA) is 97.0 Å². The molecule has 1 aromatic heterocycles. The molecule has 9 heteroatoms. The number of halogens is 1. The Morgan fingerprint density at radius 3 is 2.69 bits per heavy atom. The number of nitrogens with zero attached hydrogens (tertiary/aromatic N) is 2. The zero-order chi connectivity index (χ0) is 25.0. The van der Waals surface area contributed by atoms with Crippen molar-refractivity contribution in [2.45, 2.75) is 36.8 Å². The van der Waals surface area contributed by atoms with Gasteiger partial charge in [0.05, 0.1) is 30.1 Å². The van der Waals surface area contributed by atoms with Crippen molar-refractivity contribution >= 4 is 10.2 Å². The molecule has 3 radical (unpaired) electrons. The maximum Gasteiger partial charge on any atom is 0.165 e. The number of rotatable bonds is 6. The highest BCUT2D eigenvalue weighted by atomic mass is 28.1. The van der Waals surface area contributed by atoms with Crippen molar-refractivity contribution < 1.29 is 29.2 Å². The van der Waals surface area contributed by atoms with Crippen molar-refractivity contribution in [1.29, 1.82) is 0 Å². The summed E-state index contributed by atoms with van der Waals surface area (Å²) in [6.45, 7) is 1.93. The normalized spacial score (nSPS) is 20.4. The van der Waals surface area contributed by atoms with E-state index in [0.717, 1.165) is 5.56 Å². The van der Waals surface area contributed by atoms with Gasteiger partial charge in [-0.05, 0) is 42.3 Å². The highest BCUT2D eigenvalue weighted by Crippen LogP contribution is 2.28. The summed E-state index contributed by atoms with van der Waals surface area (Å²) in [5.74, 6) is 5.95. The van der Waals surface area contributed by atoms with Crippen LogP contribution in [0.15, 0.2) is 54.9 Å². The van der Waals surface area contributed by atoms with Crippen molar-refractivity contribution in [2.75, 3.05) is 19.8 Å². The molecule has 7 nitrogen and oxygen atoms in total. The molecule has 0 saturated carbocycles. The first-order valence-electron chi connectivity index (χ1n) is 11.2. The number of aromatic nitrogens is 2. The highest BCUT2D eigenvalue weighted by molar-refractivity contribution is 6.13. The lowest BCUT2D eigenvalue weighted by Crippen LogP contribution is -2.40. The van der Waals surface area contributed by atoms with Crippen molar-refractivity contribution in [1.82, 2.24) is 9.55 Å². The van der Waals surface area contributed by atoms with Gasteiger partial charge in [0.25, 0.3) is 0 Å². The third-order valence-electron chi connectivity index (χ3n) is 5.69. The van der Waals surface area contributed by atoms with Crippen molar-refractivity contribution in [3.05, 3.63) is 72.1 Å². The Bertz CT molecular complexity index is 1210. The van der Waals surface area contributed by atoms with Crippen molar-refractivity contribution in [3.8, 4) is 28.7 Å². The van der Waals surface area contributed by atoms with Crippen LogP contribution in [0, 0.1) is 17.7 Å². The monoisotopic (exact) mass is 493 g/mol. The highest BCUT2D eigenvalue weighted by Gasteiger charge is 2.26. The van der Waals surface area contributed by atoms with Crippen LogP contribution in [0.4, 0.5) is 4.39 Å². The van der Waals surface area contributed by atoms with Gasteiger partial charge in [0.2, 0.25) is 0 Å². The number of ether oxygens (including phenoxy) is 2. The molecule has 4 atom stereocenters. The molecule has 3 aromatic rings. The molecule has 3 N–H and O–H groups in total. The lowest BCUT2D eigenvalue weighted by Gasteiger charge is -2.28. The van der Waals surface area contributed by atoms with Gasteiger partial charge in [0.1, 0.15) is 29.3 Å². The van der Waals surface area contributed by atoms with E-state index < -0.39 is 29.3 Å². The van der Waals surface area contributed by atoms with E-state index >= 15 is 0 Å². The van der Waals surface area contributed by atoms with Gasteiger partial charge in [-0.3, -0.25) is 0 Å². The number of imidazole rings is 1. The molecule has 35 heavy (non-hydrogen) atoms. The smallest absolute Gasteiger partial charge is 0.165 e. The Balaban J connectivity index is 1.47. The second kappa shape index (κ2) is 10.7. The van der Waals surface area contributed by atoms with E-state index in [1.165, 1.54) is 12.3 Å². The van der Waals surface area contributed by atoms with Crippen LogP contribution in [-0.2, 0) is 9.96 Å². The minimum absolute atomic E-state index is 0.0958. The van der Waals surface area contributed by atoms with Crippen LogP contribution in [-0.4, -0.2) is 67.1 Å². The first-order valence-corrected chi connectivity index (χ1v) is 11.7. The summed E-state index contributed by atoms with van der Waals surface area (Å²) >= 11 is 0. The summed E-state index contributed by atoms with van der Waals surface area (Å²) in [5, 5.41) is 28.6. The van der Waals surface area contributed by atoms with Crippen LogP contribution in [0.1, 0.15) is 30.8 Å². The molecule has 0 bridgehead atoms.